The third kappa shape index (κ3) is 3.55. The molecule has 5 atom stereocenters. The molecule has 0 radical (unpaired) electrons. The van der Waals surface area contributed by atoms with Crippen LogP contribution in [0.4, 0.5) is 0 Å². The molecule has 8 heteroatoms. The van der Waals surface area contributed by atoms with E-state index < -0.39 is 28.2 Å². The first-order valence-electron chi connectivity index (χ1n) is 10.8. The Kier molecular flexibility index (Phi) is 6.58. The summed E-state index contributed by atoms with van der Waals surface area (Å²) in [5, 5.41) is 9.39. The van der Waals surface area contributed by atoms with Crippen molar-refractivity contribution in [3.8, 4) is 0 Å². The first-order valence-corrected chi connectivity index (χ1v) is 11.7. The minimum Gasteiger partial charge on any atom is -0.466 e. The van der Waals surface area contributed by atoms with Gasteiger partial charge in [-0.1, -0.05) is 6.08 Å². The zero-order valence-corrected chi connectivity index (χ0v) is 19.2. The number of carbonyl (C=O) groups is 3. The molecule has 7 nitrogen and oxygen atoms in total. The lowest BCUT2D eigenvalue weighted by Crippen LogP contribution is -2.58. The zero-order valence-electron chi connectivity index (χ0n) is 18.4. The van der Waals surface area contributed by atoms with E-state index in [0.29, 0.717) is 19.5 Å². The van der Waals surface area contributed by atoms with Crippen molar-refractivity contribution in [2.45, 2.75) is 68.5 Å². The van der Waals surface area contributed by atoms with Crippen LogP contribution in [0.25, 0.3) is 0 Å². The zero-order chi connectivity index (χ0) is 22.3. The van der Waals surface area contributed by atoms with Gasteiger partial charge in [-0.3, -0.25) is 14.4 Å². The summed E-state index contributed by atoms with van der Waals surface area (Å²) >= 11 is 1.64. The molecule has 168 valence electrons. The summed E-state index contributed by atoms with van der Waals surface area (Å²) in [4.78, 5) is 43.7. The maximum Gasteiger partial charge on any atom is 0.310 e. The Morgan fingerprint density at radius 3 is 2.70 bits per heavy atom. The van der Waals surface area contributed by atoms with Crippen molar-refractivity contribution in [2.75, 3.05) is 26.3 Å². The van der Waals surface area contributed by atoms with Crippen LogP contribution in [0.15, 0.2) is 12.7 Å². The van der Waals surface area contributed by atoms with Gasteiger partial charge in [-0.05, 0) is 47.0 Å². The van der Waals surface area contributed by atoms with Crippen LogP contribution in [-0.4, -0.2) is 80.6 Å². The molecule has 0 aliphatic carbocycles. The molecule has 2 amide bonds. The molecule has 3 aliphatic rings. The number of carbonyl (C=O) groups excluding carboxylic acids is 3. The van der Waals surface area contributed by atoms with Crippen molar-refractivity contribution >= 4 is 29.5 Å². The van der Waals surface area contributed by atoms with Gasteiger partial charge < -0.3 is 19.6 Å². The molecule has 0 aromatic carbocycles. The number of amides is 2. The van der Waals surface area contributed by atoms with E-state index in [-0.39, 0.29) is 36.2 Å². The van der Waals surface area contributed by atoms with Crippen LogP contribution in [-0.2, 0) is 19.1 Å². The van der Waals surface area contributed by atoms with Gasteiger partial charge in [0.15, 0.2) is 0 Å². The second kappa shape index (κ2) is 8.54. The summed E-state index contributed by atoms with van der Waals surface area (Å²) in [6.45, 7) is 12.4. The number of esters is 1. The van der Waals surface area contributed by atoms with E-state index in [0.717, 1.165) is 12.8 Å². The number of nitrogens with zero attached hydrogens (tertiary/aromatic N) is 2. The molecule has 30 heavy (non-hydrogen) atoms. The number of thioether (sulfide) groups is 1. The third-order valence-corrected chi connectivity index (χ3v) is 8.49. The van der Waals surface area contributed by atoms with Gasteiger partial charge in [0.1, 0.15) is 6.04 Å². The van der Waals surface area contributed by atoms with E-state index in [1.54, 1.807) is 34.6 Å². The average Bonchev–Trinajstić information content (AvgIpc) is 3.30. The molecule has 2 bridgehead atoms. The Hall–Kier alpha value is -1.54. The monoisotopic (exact) mass is 438 g/mol. The number of hydrogen-bond donors (Lipinski definition) is 1. The number of ether oxygens (including phenoxy) is 1. The molecule has 2 unspecified atom stereocenters. The molecule has 3 saturated heterocycles. The number of aliphatic hydroxyl groups is 1. The minimum absolute atomic E-state index is 0.00998. The quantitative estimate of drug-likeness (QED) is 0.460. The number of likely N-dealkylation sites (tertiary alicyclic amines) is 1. The number of aliphatic hydroxyl groups excluding tert-OH is 1. The van der Waals surface area contributed by atoms with Crippen LogP contribution < -0.4 is 0 Å². The van der Waals surface area contributed by atoms with Gasteiger partial charge >= 0.3 is 5.97 Å². The summed E-state index contributed by atoms with van der Waals surface area (Å²) < 4.78 is 4.70. The predicted octanol–water partition coefficient (Wildman–Crippen LogP) is 1.84. The van der Waals surface area contributed by atoms with Crippen LogP contribution >= 0.6 is 11.8 Å². The van der Waals surface area contributed by atoms with Crippen molar-refractivity contribution in [1.29, 1.82) is 0 Å². The van der Waals surface area contributed by atoms with Crippen molar-refractivity contribution in [1.82, 2.24) is 9.80 Å². The van der Waals surface area contributed by atoms with Crippen molar-refractivity contribution in [3.05, 3.63) is 12.7 Å². The Labute approximate surface area is 183 Å². The Balaban J connectivity index is 2.04. The smallest absolute Gasteiger partial charge is 0.310 e. The van der Waals surface area contributed by atoms with Crippen molar-refractivity contribution in [3.63, 3.8) is 0 Å². The molecule has 1 N–H and O–H groups in total. The van der Waals surface area contributed by atoms with Gasteiger partial charge in [0.25, 0.3) is 0 Å². The fourth-order valence-electron chi connectivity index (χ4n) is 5.39. The van der Waals surface area contributed by atoms with E-state index in [4.69, 9.17) is 4.74 Å². The van der Waals surface area contributed by atoms with Crippen LogP contribution in [0.2, 0.25) is 0 Å². The minimum atomic E-state index is -0.643. The highest BCUT2D eigenvalue weighted by Gasteiger charge is 2.74. The number of rotatable bonds is 8. The topological polar surface area (TPSA) is 87.2 Å². The van der Waals surface area contributed by atoms with Crippen LogP contribution in [0.5, 0.6) is 0 Å². The molecular weight excluding hydrogens is 404 g/mol. The van der Waals surface area contributed by atoms with E-state index in [9.17, 15) is 19.5 Å². The Morgan fingerprint density at radius 2 is 2.13 bits per heavy atom. The molecule has 3 aliphatic heterocycles. The second-order valence-corrected chi connectivity index (χ2v) is 10.9. The molecule has 0 aromatic heterocycles. The highest BCUT2D eigenvalue weighted by atomic mass is 32.2. The normalized spacial score (nSPS) is 32.3. The Bertz CT molecular complexity index is 721. The predicted molar refractivity (Wildman–Crippen MR) is 116 cm³/mol. The fraction of sp³-hybridized carbons (Fsp3) is 0.773. The molecular formula is C22H34N2O5S. The van der Waals surface area contributed by atoms with E-state index in [1.165, 1.54) is 0 Å². The van der Waals surface area contributed by atoms with E-state index in [2.05, 4.69) is 6.58 Å². The average molecular weight is 439 g/mol. The maximum atomic E-state index is 13.9. The van der Waals surface area contributed by atoms with Crippen LogP contribution in [0, 0.1) is 11.8 Å². The van der Waals surface area contributed by atoms with Gasteiger partial charge in [0.2, 0.25) is 11.8 Å². The third-order valence-electron chi connectivity index (χ3n) is 6.54. The summed E-state index contributed by atoms with van der Waals surface area (Å²) in [6.07, 6.45) is 3.63. The largest absolute Gasteiger partial charge is 0.466 e. The van der Waals surface area contributed by atoms with Gasteiger partial charge in [0.05, 0.1) is 23.2 Å². The fourth-order valence-corrected chi connectivity index (χ4v) is 7.59. The van der Waals surface area contributed by atoms with Gasteiger partial charge in [-0.15, -0.1) is 18.3 Å². The van der Waals surface area contributed by atoms with Crippen LogP contribution in [0.1, 0.15) is 47.0 Å². The van der Waals surface area contributed by atoms with Crippen molar-refractivity contribution < 1.29 is 24.2 Å². The molecule has 3 rings (SSSR count). The van der Waals surface area contributed by atoms with Gasteiger partial charge in [0, 0.05) is 30.5 Å². The molecule has 1 spiro atoms. The highest BCUT2D eigenvalue weighted by molar-refractivity contribution is 8.02. The summed E-state index contributed by atoms with van der Waals surface area (Å²) in [6, 6.07) is -0.643. The van der Waals surface area contributed by atoms with E-state index in [1.807, 2.05) is 20.8 Å². The first-order chi connectivity index (χ1) is 14.1. The van der Waals surface area contributed by atoms with Crippen molar-refractivity contribution in [2.24, 2.45) is 11.8 Å². The Morgan fingerprint density at radius 1 is 1.43 bits per heavy atom. The summed E-state index contributed by atoms with van der Waals surface area (Å²) in [7, 11) is 0. The second-order valence-electron chi connectivity index (χ2n) is 9.33. The van der Waals surface area contributed by atoms with Crippen LogP contribution in [0.3, 0.4) is 0 Å². The summed E-state index contributed by atoms with van der Waals surface area (Å²) in [5.74, 6) is -1.63. The first kappa shape index (κ1) is 23.1. The lowest BCUT2D eigenvalue weighted by Gasteiger charge is -2.42. The van der Waals surface area contributed by atoms with E-state index >= 15 is 0 Å². The molecule has 0 saturated carbocycles. The lowest BCUT2D eigenvalue weighted by atomic mass is 9.71. The van der Waals surface area contributed by atoms with Gasteiger partial charge in [-0.2, -0.15) is 0 Å². The molecule has 0 aromatic rings. The molecule has 3 fully saturated rings. The number of hydrogen-bond acceptors (Lipinski definition) is 6. The highest BCUT2D eigenvalue weighted by Crippen LogP contribution is 2.66. The molecule has 3 heterocycles. The summed E-state index contributed by atoms with van der Waals surface area (Å²) in [5.41, 5.74) is -0.437. The number of fused-ring (bicyclic) bond motifs is 1. The lowest BCUT2D eigenvalue weighted by molar-refractivity contribution is -0.153. The van der Waals surface area contributed by atoms with Gasteiger partial charge in [-0.25, -0.2) is 0 Å². The standard InChI is InChI=1S/C22H34N2O5S/c1-6-11-24(21(3,4)5)19(27)17-22-10-9-14(30-22)15(20(28)29-7-2)16(22)18(26)23(17)12-8-13-25/h6,14-17,25H,1,7-13H2,2-5H3/t14-,15+,16+,17?,22?/m1/s1. The maximum absolute atomic E-state index is 13.9. The SMILES string of the molecule is C=CCN(C(=O)C1N(CCCO)C(=O)[C@@H]2[C@@H](C(=O)OCC)[C@H]3CCC12S3)C(C)(C)C.